The van der Waals surface area contributed by atoms with Gasteiger partial charge in [-0.05, 0) is 48.5 Å². The number of carbonyl (C=O) groups excluding carboxylic acids is 2. The summed E-state index contributed by atoms with van der Waals surface area (Å²) in [7, 11) is 2.99. The minimum Gasteiger partial charge on any atom is -0.493 e. The largest absolute Gasteiger partial charge is 0.493 e. The van der Waals surface area contributed by atoms with Crippen molar-refractivity contribution >= 4 is 56.5 Å². The molecule has 7 nitrogen and oxygen atoms in total. The summed E-state index contributed by atoms with van der Waals surface area (Å²) in [5.41, 5.74) is 0.403. The van der Waals surface area contributed by atoms with Crippen molar-refractivity contribution in [3.8, 4) is 11.5 Å². The Hall–Kier alpha value is -3.77. The number of halogens is 3. The Bertz CT molecular complexity index is 1460. The second-order valence-electron chi connectivity index (χ2n) is 7.57. The van der Waals surface area contributed by atoms with Crippen molar-refractivity contribution in [2.45, 2.75) is 10.5 Å². The van der Waals surface area contributed by atoms with Crippen LogP contribution in [0.4, 0.5) is 24.5 Å². The van der Waals surface area contributed by atoms with Gasteiger partial charge in [0.2, 0.25) is 5.91 Å². The maximum absolute atomic E-state index is 13.1. The van der Waals surface area contributed by atoms with Gasteiger partial charge in [0.05, 0.1) is 41.4 Å². The highest BCUT2D eigenvalue weighted by molar-refractivity contribution is 8.01. The molecule has 2 amide bonds. The summed E-state index contributed by atoms with van der Waals surface area (Å²) < 4.78 is 51.2. The average molecular weight is 548 g/mol. The van der Waals surface area contributed by atoms with Crippen molar-refractivity contribution in [3.05, 3.63) is 71.8 Å². The molecule has 0 unspecified atom stereocenters. The predicted octanol–water partition coefficient (Wildman–Crippen LogP) is 6.32. The van der Waals surface area contributed by atoms with Crippen LogP contribution in [-0.4, -0.2) is 36.8 Å². The van der Waals surface area contributed by atoms with E-state index in [-0.39, 0.29) is 17.3 Å². The van der Waals surface area contributed by atoms with Gasteiger partial charge < -0.3 is 20.1 Å². The van der Waals surface area contributed by atoms with Gasteiger partial charge in [-0.1, -0.05) is 23.9 Å². The molecule has 1 aromatic heterocycles. The van der Waals surface area contributed by atoms with Crippen molar-refractivity contribution in [2.24, 2.45) is 0 Å². The first kappa shape index (κ1) is 26.3. The number of amides is 2. The highest BCUT2D eigenvalue weighted by atomic mass is 32.2. The van der Waals surface area contributed by atoms with Gasteiger partial charge in [0.25, 0.3) is 5.91 Å². The summed E-state index contributed by atoms with van der Waals surface area (Å²) >= 11 is 2.42. The van der Waals surface area contributed by atoms with Crippen LogP contribution in [-0.2, 0) is 11.0 Å². The minimum absolute atomic E-state index is 0.116. The lowest BCUT2D eigenvalue weighted by molar-refractivity contribution is -0.137. The van der Waals surface area contributed by atoms with Crippen molar-refractivity contribution < 1.29 is 32.2 Å². The number of carbonyl (C=O) groups is 2. The SMILES string of the molecule is COc1ccc(C(=O)Nc2ccc3nc(SCC(=O)Nc4ccccc4C(F)(F)F)sc3c2)cc1OC. The molecule has 192 valence electrons. The van der Waals surface area contributed by atoms with E-state index in [1.807, 2.05) is 0 Å². The molecule has 0 spiro atoms. The van der Waals surface area contributed by atoms with Crippen molar-refractivity contribution in [1.29, 1.82) is 0 Å². The molecule has 0 saturated carbocycles. The number of nitrogens with one attached hydrogen (secondary N) is 2. The van der Waals surface area contributed by atoms with Gasteiger partial charge in [-0.15, -0.1) is 11.3 Å². The highest BCUT2D eigenvalue weighted by Gasteiger charge is 2.33. The Kier molecular flexibility index (Phi) is 7.89. The first-order valence-electron chi connectivity index (χ1n) is 10.7. The molecule has 0 fully saturated rings. The van der Waals surface area contributed by atoms with Gasteiger partial charge >= 0.3 is 6.18 Å². The molecule has 3 aromatic carbocycles. The molecule has 1 heterocycles. The monoisotopic (exact) mass is 547 g/mol. The summed E-state index contributed by atoms with van der Waals surface area (Å²) in [6.07, 6.45) is -4.57. The zero-order valence-electron chi connectivity index (χ0n) is 19.5. The second kappa shape index (κ2) is 11.1. The summed E-state index contributed by atoms with van der Waals surface area (Å²) in [5, 5.41) is 5.14. The number of hydrogen-bond acceptors (Lipinski definition) is 7. The van der Waals surface area contributed by atoms with E-state index in [1.165, 1.54) is 43.8 Å². The number of rotatable bonds is 8. The number of alkyl halides is 3. The number of aromatic nitrogens is 1. The first-order valence-corrected chi connectivity index (χ1v) is 12.5. The molecule has 0 aliphatic carbocycles. The number of thiazole rings is 1. The van der Waals surface area contributed by atoms with Gasteiger partial charge in [-0.2, -0.15) is 13.2 Å². The fourth-order valence-electron chi connectivity index (χ4n) is 3.38. The number of ether oxygens (including phenoxy) is 2. The molecule has 37 heavy (non-hydrogen) atoms. The lowest BCUT2D eigenvalue weighted by atomic mass is 10.1. The van der Waals surface area contributed by atoms with Crippen LogP contribution < -0.4 is 20.1 Å². The molecule has 2 N–H and O–H groups in total. The molecule has 0 radical (unpaired) electrons. The Balaban J connectivity index is 1.40. The van der Waals surface area contributed by atoms with Crippen LogP contribution in [0, 0.1) is 0 Å². The molecule has 0 aliphatic heterocycles. The van der Waals surface area contributed by atoms with Crippen LogP contribution >= 0.6 is 23.1 Å². The zero-order chi connectivity index (χ0) is 26.6. The smallest absolute Gasteiger partial charge is 0.418 e. The molecule has 0 bridgehead atoms. The highest BCUT2D eigenvalue weighted by Crippen LogP contribution is 2.35. The van der Waals surface area contributed by atoms with Crippen LogP contribution in [0.2, 0.25) is 0 Å². The zero-order valence-corrected chi connectivity index (χ0v) is 21.1. The summed E-state index contributed by atoms with van der Waals surface area (Å²) in [6.45, 7) is 0. The van der Waals surface area contributed by atoms with Gasteiger partial charge in [-0.3, -0.25) is 9.59 Å². The quantitative estimate of drug-likeness (QED) is 0.251. The summed E-state index contributed by atoms with van der Waals surface area (Å²) in [6, 6.07) is 14.8. The molecule has 12 heteroatoms. The first-order chi connectivity index (χ1) is 17.7. The number of para-hydroxylation sites is 1. The number of fused-ring (bicyclic) bond motifs is 1. The Morgan fingerprint density at radius 3 is 2.46 bits per heavy atom. The van der Waals surface area contributed by atoms with E-state index >= 15 is 0 Å². The molecule has 0 aliphatic rings. The molecular formula is C25H20F3N3O4S2. The Morgan fingerprint density at radius 1 is 0.973 bits per heavy atom. The minimum atomic E-state index is -4.57. The lowest BCUT2D eigenvalue weighted by Crippen LogP contribution is -2.18. The maximum atomic E-state index is 13.1. The lowest BCUT2D eigenvalue weighted by Gasteiger charge is -2.13. The van der Waals surface area contributed by atoms with Crippen LogP contribution in [0.5, 0.6) is 11.5 Å². The average Bonchev–Trinajstić information content (AvgIpc) is 3.29. The van der Waals surface area contributed by atoms with Crippen molar-refractivity contribution in [2.75, 3.05) is 30.6 Å². The second-order valence-corrected chi connectivity index (χ2v) is 9.82. The Morgan fingerprint density at radius 2 is 1.73 bits per heavy atom. The van der Waals surface area contributed by atoms with Crippen LogP contribution in [0.25, 0.3) is 10.2 Å². The van der Waals surface area contributed by atoms with Gasteiger partial charge in [-0.25, -0.2) is 4.98 Å². The van der Waals surface area contributed by atoms with Crippen molar-refractivity contribution in [1.82, 2.24) is 4.98 Å². The van der Waals surface area contributed by atoms with Crippen LogP contribution in [0.3, 0.4) is 0 Å². The molecule has 4 rings (SSSR count). The Labute approximate surface area is 218 Å². The van der Waals surface area contributed by atoms with Gasteiger partial charge in [0.15, 0.2) is 15.8 Å². The van der Waals surface area contributed by atoms with E-state index in [9.17, 15) is 22.8 Å². The number of thioether (sulfide) groups is 1. The number of hydrogen-bond donors (Lipinski definition) is 2. The van der Waals surface area contributed by atoms with Crippen LogP contribution in [0.1, 0.15) is 15.9 Å². The third-order valence-corrected chi connectivity index (χ3v) is 7.27. The van der Waals surface area contributed by atoms with E-state index in [1.54, 1.807) is 36.4 Å². The van der Waals surface area contributed by atoms with E-state index < -0.39 is 17.6 Å². The van der Waals surface area contributed by atoms with E-state index in [0.717, 1.165) is 22.5 Å². The predicted molar refractivity (Wildman–Crippen MR) is 138 cm³/mol. The van der Waals surface area contributed by atoms with E-state index in [0.29, 0.717) is 32.6 Å². The number of nitrogens with zero attached hydrogens (tertiary/aromatic N) is 1. The fourth-order valence-corrected chi connectivity index (χ4v) is 5.28. The van der Waals surface area contributed by atoms with Gasteiger partial charge in [0.1, 0.15) is 0 Å². The fraction of sp³-hybridized carbons (Fsp3) is 0.160. The molecule has 4 aromatic rings. The van der Waals surface area contributed by atoms with E-state index in [2.05, 4.69) is 15.6 Å². The van der Waals surface area contributed by atoms with E-state index in [4.69, 9.17) is 9.47 Å². The summed E-state index contributed by atoms with van der Waals surface area (Å²) in [4.78, 5) is 29.4. The maximum Gasteiger partial charge on any atom is 0.418 e. The number of benzene rings is 3. The van der Waals surface area contributed by atoms with Crippen molar-refractivity contribution in [3.63, 3.8) is 0 Å². The molecule has 0 saturated heterocycles. The molecular weight excluding hydrogens is 527 g/mol. The topological polar surface area (TPSA) is 89.5 Å². The summed E-state index contributed by atoms with van der Waals surface area (Å²) in [5.74, 6) is -0.0948. The normalized spacial score (nSPS) is 11.3. The molecule has 0 atom stereocenters. The van der Waals surface area contributed by atoms with Crippen LogP contribution in [0.15, 0.2) is 65.0 Å². The number of anilines is 2. The van der Waals surface area contributed by atoms with Gasteiger partial charge in [0, 0.05) is 11.3 Å². The third kappa shape index (κ3) is 6.33. The number of methoxy groups -OCH3 is 2. The third-order valence-electron chi connectivity index (χ3n) is 5.11. The standard InChI is InChI=1S/C25H20F3N3O4S2/c1-34-19-10-7-14(11-20(19)35-2)23(33)29-15-8-9-18-21(12-15)37-24(31-18)36-13-22(32)30-17-6-4-3-5-16(17)25(26,27)28/h3-12H,13H2,1-2H3,(H,29,33)(H,30,32).